The fraction of sp³-hybridized carbons (Fsp3) is 0.625. The lowest BCUT2D eigenvalue weighted by molar-refractivity contribution is 0.158. The normalized spacial score (nSPS) is 22.9. The van der Waals surface area contributed by atoms with Crippen molar-refractivity contribution in [1.29, 1.82) is 0 Å². The summed E-state index contributed by atoms with van der Waals surface area (Å²) >= 11 is 0. The first-order valence-corrected chi connectivity index (χ1v) is 7.17. The van der Waals surface area contributed by atoms with E-state index in [-0.39, 0.29) is 0 Å². The number of hydrogen-bond acceptors (Lipinski definition) is 2. The molecule has 0 spiro atoms. The maximum atomic E-state index is 5.92. The van der Waals surface area contributed by atoms with Gasteiger partial charge in [-0.2, -0.15) is 0 Å². The Bertz CT molecular complexity index is 356. The lowest BCUT2D eigenvalue weighted by atomic mass is 9.92. The Hall–Kier alpha value is -0.860. The van der Waals surface area contributed by atoms with Gasteiger partial charge in [-0.05, 0) is 51.1 Å². The molecule has 1 saturated heterocycles. The topological polar surface area (TPSA) is 29.3 Å². The number of piperidine rings is 1. The summed E-state index contributed by atoms with van der Waals surface area (Å²) < 4.78 is 0. The molecular formula is C16H26N2. The quantitative estimate of drug-likeness (QED) is 0.885. The lowest BCUT2D eigenvalue weighted by Crippen LogP contribution is -2.37. The van der Waals surface area contributed by atoms with Crippen molar-refractivity contribution in [3.63, 3.8) is 0 Å². The second-order valence-electron chi connectivity index (χ2n) is 5.94. The molecule has 1 heterocycles. The Labute approximate surface area is 111 Å². The maximum Gasteiger partial charge on any atom is 0.0233 e. The van der Waals surface area contributed by atoms with Gasteiger partial charge in [0.05, 0.1) is 0 Å². The first-order valence-electron chi connectivity index (χ1n) is 7.17. The van der Waals surface area contributed by atoms with E-state index in [9.17, 15) is 0 Å². The molecule has 2 rings (SSSR count). The van der Waals surface area contributed by atoms with Gasteiger partial charge in [0.15, 0.2) is 0 Å². The van der Waals surface area contributed by atoms with Gasteiger partial charge in [-0.15, -0.1) is 0 Å². The molecule has 2 nitrogen and oxygen atoms in total. The molecule has 18 heavy (non-hydrogen) atoms. The van der Waals surface area contributed by atoms with E-state index < -0.39 is 0 Å². The third-order valence-electron chi connectivity index (χ3n) is 3.84. The van der Waals surface area contributed by atoms with Crippen molar-refractivity contribution in [3.05, 3.63) is 35.4 Å². The lowest BCUT2D eigenvalue weighted by Gasteiger charge is -2.33. The molecular weight excluding hydrogens is 220 g/mol. The van der Waals surface area contributed by atoms with Crippen LogP contribution in [0.5, 0.6) is 0 Å². The molecule has 1 aromatic rings. The minimum Gasteiger partial charge on any atom is -0.328 e. The Morgan fingerprint density at radius 2 is 2.06 bits per heavy atom. The summed E-state index contributed by atoms with van der Waals surface area (Å²) in [4.78, 5) is 2.58. The molecule has 2 atom stereocenters. The Morgan fingerprint density at radius 3 is 2.72 bits per heavy atom. The molecule has 0 radical (unpaired) electrons. The van der Waals surface area contributed by atoms with Crippen molar-refractivity contribution in [2.45, 2.75) is 45.7 Å². The number of nitrogens with two attached hydrogens (primary N) is 1. The zero-order valence-corrected chi connectivity index (χ0v) is 11.7. The van der Waals surface area contributed by atoms with Crippen LogP contribution in [0.3, 0.4) is 0 Å². The molecule has 1 fully saturated rings. The molecule has 1 aliphatic heterocycles. The molecule has 1 aromatic carbocycles. The molecule has 2 N–H and O–H groups in total. The van der Waals surface area contributed by atoms with Crippen LogP contribution in [-0.2, 0) is 6.54 Å². The first kappa shape index (κ1) is 13.6. The fourth-order valence-electron chi connectivity index (χ4n) is 2.96. The van der Waals surface area contributed by atoms with Crippen molar-refractivity contribution in [2.75, 3.05) is 13.1 Å². The van der Waals surface area contributed by atoms with Crippen molar-refractivity contribution in [1.82, 2.24) is 4.90 Å². The summed E-state index contributed by atoms with van der Waals surface area (Å²) in [7, 11) is 0. The molecule has 0 aliphatic carbocycles. The second kappa shape index (κ2) is 6.35. The summed E-state index contributed by atoms with van der Waals surface area (Å²) in [6, 6.07) is 9.27. The minimum absolute atomic E-state index is 0.342. The summed E-state index contributed by atoms with van der Waals surface area (Å²) in [6.45, 7) is 7.82. The molecule has 1 aliphatic rings. The van der Waals surface area contributed by atoms with E-state index in [4.69, 9.17) is 5.73 Å². The van der Waals surface area contributed by atoms with Crippen molar-refractivity contribution in [3.8, 4) is 0 Å². The van der Waals surface area contributed by atoms with Crippen LogP contribution in [0.2, 0.25) is 0 Å². The van der Waals surface area contributed by atoms with Gasteiger partial charge < -0.3 is 5.73 Å². The molecule has 2 unspecified atom stereocenters. The van der Waals surface area contributed by atoms with E-state index in [0.717, 1.165) is 12.5 Å². The zero-order chi connectivity index (χ0) is 13.0. The maximum absolute atomic E-state index is 5.92. The average Bonchev–Trinajstić information content (AvgIpc) is 2.32. The average molecular weight is 246 g/mol. The van der Waals surface area contributed by atoms with Crippen molar-refractivity contribution < 1.29 is 0 Å². The highest BCUT2D eigenvalue weighted by atomic mass is 15.1. The van der Waals surface area contributed by atoms with Crippen LogP contribution in [0.25, 0.3) is 0 Å². The molecule has 0 saturated carbocycles. The van der Waals surface area contributed by atoms with Crippen LogP contribution >= 0.6 is 0 Å². The predicted octanol–water partition coefficient (Wildman–Crippen LogP) is 2.94. The third-order valence-corrected chi connectivity index (χ3v) is 3.84. The van der Waals surface area contributed by atoms with Crippen LogP contribution in [0.4, 0.5) is 0 Å². The van der Waals surface area contributed by atoms with Gasteiger partial charge in [0.1, 0.15) is 0 Å². The van der Waals surface area contributed by atoms with E-state index in [1.54, 1.807) is 0 Å². The van der Waals surface area contributed by atoms with Gasteiger partial charge in [-0.25, -0.2) is 0 Å². The fourth-order valence-corrected chi connectivity index (χ4v) is 2.96. The highest BCUT2D eigenvalue weighted by Crippen LogP contribution is 2.22. The van der Waals surface area contributed by atoms with Gasteiger partial charge in [-0.3, -0.25) is 4.90 Å². The van der Waals surface area contributed by atoms with E-state index in [2.05, 4.69) is 43.0 Å². The minimum atomic E-state index is 0.342. The SMILES string of the molecule is Cc1ccc(CN2CCCC(CC(C)N)C2)cc1. The van der Waals surface area contributed by atoms with Crippen LogP contribution in [0.1, 0.15) is 37.3 Å². The number of aryl methyl sites for hydroxylation is 1. The first-order chi connectivity index (χ1) is 8.63. The molecule has 0 amide bonds. The van der Waals surface area contributed by atoms with Crippen molar-refractivity contribution >= 4 is 0 Å². The molecule has 0 aromatic heterocycles. The Balaban J connectivity index is 1.87. The van der Waals surface area contributed by atoms with Crippen LogP contribution in [0, 0.1) is 12.8 Å². The largest absolute Gasteiger partial charge is 0.328 e. The zero-order valence-electron chi connectivity index (χ0n) is 11.7. The molecule has 100 valence electrons. The molecule has 0 bridgehead atoms. The predicted molar refractivity (Wildman–Crippen MR) is 77.4 cm³/mol. The van der Waals surface area contributed by atoms with Crippen molar-refractivity contribution in [2.24, 2.45) is 11.7 Å². The summed E-state index contributed by atoms with van der Waals surface area (Å²) in [5, 5.41) is 0. The Morgan fingerprint density at radius 1 is 1.33 bits per heavy atom. The number of hydrogen-bond donors (Lipinski definition) is 1. The van der Waals surface area contributed by atoms with Crippen LogP contribution in [0.15, 0.2) is 24.3 Å². The summed E-state index contributed by atoms with van der Waals surface area (Å²) in [5.74, 6) is 0.796. The molecule has 2 heteroatoms. The van der Waals surface area contributed by atoms with Crippen LogP contribution < -0.4 is 5.73 Å². The standard InChI is InChI=1S/C16H26N2/c1-13-5-7-15(8-6-13)11-18-9-3-4-16(12-18)10-14(2)17/h5-8,14,16H,3-4,9-12,17H2,1-2H3. The van der Waals surface area contributed by atoms with Gasteiger partial charge in [0.25, 0.3) is 0 Å². The second-order valence-corrected chi connectivity index (χ2v) is 5.94. The monoisotopic (exact) mass is 246 g/mol. The number of rotatable bonds is 4. The van der Waals surface area contributed by atoms with Gasteiger partial charge in [0.2, 0.25) is 0 Å². The van der Waals surface area contributed by atoms with E-state index in [0.29, 0.717) is 6.04 Å². The number of nitrogens with zero attached hydrogens (tertiary/aromatic N) is 1. The van der Waals surface area contributed by atoms with E-state index in [1.165, 1.54) is 43.5 Å². The van der Waals surface area contributed by atoms with Crippen LogP contribution in [-0.4, -0.2) is 24.0 Å². The van der Waals surface area contributed by atoms with Gasteiger partial charge >= 0.3 is 0 Å². The third kappa shape index (κ3) is 4.11. The smallest absolute Gasteiger partial charge is 0.0233 e. The van der Waals surface area contributed by atoms with E-state index >= 15 is 0 Å². The number of benzene rings is 1. The van der Waals surface area contributed by atoms with Gasteiger partial charge in [0, 0.05) is 19.1 Å². The number of likely N-dealkylation sites (tertiary alicyclic amines) is 1. The summed E-state index contributed by atoms with van der Waals surface area (Å²) in [5.41, 5.74) is 8.69. The van der Waals surface area contributed by atoms with E-state index in [1.807, 2.05) is 0 Å². The Kier molecular flexibility index (Phi) is 4.79. The van der Waals surface area contributed by atoms with Gasteiger partial charge in [-0.1, -0.05) is 29.8 Å². The summed E-state index contributed by atoms with van der Waals surface area (Å²) in [6.07, 6.45) is 3.85. The highest BCUT2D eigenvalue weighted by molar-refractivity contribution is 5.21. The highest BCUT2D eigenvalue weighted by Gasteiger charge is 2.20.